The molecule has 8 heteroatoms. The Kier molecular flexibility index (Phi) is 3.88. The highest BCUT2D eigenvalue weighted by Crippen LogP contribution is 2.39. The minimum atomic E-state index is -5.08. The van der Waals surface area contributed by atoms with E-state index in [1.165, 1.54) is 0 Å². The lowest BCUT2D eigenvalue weighted by molar-refractivity contribution is -0.140. The van der Waals surface area contributed by atoms with Crippen LogP contribution in [0.15, 0.2) is 6.20 Å². The van der Waals surface area contributed by atoms with Crippen LogP contribution in [-0.4, -0.2) is 4.98 Å². The molecule has 0 saturated carbocycles. The molecular weight excluding hydrogens is 267 g/mol. The Balaban J connectivity index is 3.67. The SMILES string of the molecule is N#Cc1ncc(CCl)c(C(F)F)c1C(F)(F)F. The Labute approximate surface area is 97.6 Å². The fourth-order valence-corrected chi connectivity index (χ4v) is 1.51. The third kappa shape index (κ3) is 2.64. The van der Waals surface area contributed by atoms with E-state index in [-0.39, 0.29) is 0 Å². The summed E-state index contributed by atoms with van der Waals surface area (Å²) < 4.78 is 63.1. The molecule has 17 heavy (non-hydrogen) atoms. The molecule has 0 aliphatic rings. The van der Waals surface area contributed by atoms with Gasteiger partial charge >= 0.3 is 6.18 Å². The van der Waals surface area contributed by atoms with Gasteiger partial charge in [0.15, 0.2) is 5.69 Å². The number of aromatic nitrogens is 1. The summed E-state index contributed by atoms with van der Waals surface area (Å²) in [5.74, 6) is -0.540. The molecule has 0 radical (unpaired) electrons. The van der Waals surface area contributed by atoms with Gasteiger partial charge in [0.2, 0.25) is 0 Å². The summed E-state index contributed by atoms with van der Waals surface area (Å²) >= 11 is 5.27. The van der Waals surface area contributed by atoms with Crippen LogP contribution in [0, 0.1) is 11.3 Å². The van der Waals surface area contributed by atoms with E-state index in [2.05, 4.69) is 4.98 Å². The van der Waals surface area contributed by atoms with E-state index in [1.807, 2.05) is 0 Å². The Hall–Kier alpha value is -1.42. The van der Waals surface area contributed by atoms with Crippen molar-refractivity contribution < 1.29 is 22.0 Å². The van der Waals surface area contributed by atoms with Gasteiger partial charge in [0.25, 0.3) is 6.43 Å². The Morgan fingerprint density at radius 1 is 1.41 bits per heavy atom. The molecule has 1 rings (SSSR count). The first-order valence-corrected chi connectivity index (χ1v) is 4.69. The minimum absolute atomic E-state index is 0.437. The highest BCUT2D eigenvalue weighted by Gasteiger charge is 2.40. The maximum absolute atomic E-state index is 12.6. The zero-order valence-electron chi connectivity index (χ0n) is 8.02. The predicted octanol–water partition coefficient (Wildman–Crippen LogP) is 3.65. The molecule has 0 aliphatic carbocycles. The molecule has 1 aromatic heterocycles. The molecule has 0 N–H and O–H groups in total. The number of nitriles is 1. The number of alkyl halides is 6. The van der Waals surface area contributed by atoms with Crippen LogP contribution in [0.2, 0.25) is 0 Å². The van der Waals surface area contributed by atoms with E-state index in [0.717, 1.165) is 12.3 Å². The summed E-state index contributed by atoms with van der Waals surface area (Å²) in [6, 6.07) is 1.14. The van der Waals surface area contributed by atoms with Crippen molar-refractivity contribution in [1.29, 1.82) is 5.26 Å². The average Bonchev–Trinajstić information content (AvgIpc) is 2.25. The molecule has 1 aromatic rings. The van der Waals surface area contributed by atoms with Gasteiger partial charge in [-0.15, -0.1) is 11.6 Å². The minimum Gasteiger partial charge on any atom is -0.245 e. The Bertz CT molecular complexity index is 464. The zero-order chi connectivity index (χ0) is 13.2. The van der Waals surface area contributed by atoms with Crippen LogP contribution >= 0.6 is 11.6 Å². The van der Waals surface area contributed by atoms with Crippen molar-refractivity contribution in [1.82, 2.24) is 4.98 Å². The van der Waals surface area contributed by atoms with E-state index in [9.17, 15) is 22.0 Å². The quantitative estimate of drug-likeness (QED) is 0.607. The molecule has 0 spiro atoms. The van der Waals surface area contributed by atoms with Crippen molar-refractivity contribution in [2.24, 2.45) is 0 Å². The molecule has 0 amide bonds. The summed E-state index contributed by atoms with van der Waals surface area (Å²) in [7, 11) is 0. The summed E-state index contributed by atoms with van der Waals surface area (Å²) in [6.45, 7) is 0. The highest BCUT2D eigenvalue weighted by molar-refractivity contribution is 6.17. The lowest BCUT2D eigenvalue weighted by Crippen LogP contribution is -2.15. The van der Waals surface area contributed by atoms with Crippen molar-refractivity contribution in [3.8, 4) is 6.07 Å². The first-order valence-electron chi connectivity index (χ1n) is 4.16. The van der Waals surface area contributed by atoms with Gasteiger partial charge in [0.1, 0.15) is 11.6 Å². The number of rotatable bonds is 2. The molecule has 2 nitrogen and oxygen atoms in total. The summed E-state index contributed by atoms with van der Waals surface area (Å²) in [5.41, 5.74) is -4.51. The maximum Gasteiger partial charge on any atom is 0.419 e. The molecule has 0 bridgehead atoms. The molecule has 0 fully saturated rings. The molecule has 1 heterocycles. The van der Waals surface area contributed by atoms with Crippen molar-refractivity contribution in [3.63, 3.8) is 0 Å². The second kappa shape index (κ2) is 4.84. The first kappa shape index (κ1) is 13.6. The third-order valence-corrected chi connectivity index (χ3v) is 2.24. The van der Waals surface area contributed by atoms with Crippen molar-refractivity contribution in [3.05, 3.63) is 28.6 Å². The fourth-order valence-electron chi connectivity index (χ4n) is 1.29. The van der Waals surface area contributed by atoms with Crippen LogP contribution in [0.5, 0.6) is 0 Å². The lowest BCUT2D eigenvalue weighted by Gasteiger charge is -2.15. The maximum atomic E-state index is 12.6. The summed E-state index contributed by atoms with van der Waals surface area (Å²) in [5, 5.41) is 8.46. The van der Waals surface area contributed by atoms with Crippen molar-refractivity contribution >= 4 is 11.6 Å². The van der Waals surface area contributed by atoms with Gasteiger partial charge in [0, 0.05) is 17.6 Å². The number of nitrogens with zero attached hydrogens (tertiary/aromatic N) is 2. The molecule has 0 unspecified atom stereocenters. The largest absolute Gasteiger partial charge is 0.419 e. The molecule has 0 atom stereocenters. The first-order chi connectivity index (χ1) is 7.82. The predicted molar refractivity (Wildman–Crippen MR) is 48.5 cm³/mol. The van der Waals surface area contributed by atoms with Crippen LogP contribution in [0.3, 0.4) is 0 Å². The highest BCUT2D eigenvalue weighted by atomic mass is 35.5. The van der Waals surface area contributed by atoms with Crippen molar-refractivity contribution in [2.75, 3.05) is 0 Å². The smallest absolute Gasteiger partial charge is 0.245 e. The van der Waals surface area contributed by atoms with Gasteiger partial charge in [-0.3, -0.25) is 0 Å². The van der Waals surface area contributed by atoms with E-state index < -0.39 is 40.9 Å². The molecule has 92 valence electrons. The van der Waals surface area contributed by atoms with E-state index in [1.54, 1.807) is 0 Å². The fraction of sp³-hybridized carbons (Fsp3) is 0.333. The second-order valence-corrected chi connectivity index (χ2v) is 3.23. The van der Waals surface area contributed by atoms with E-state index >= 15 is 0 Å². The zero-order valence-corrected chi connectivity index (χ0v) is 8.78. The van der Waals surface area contributed by atoms with Crippen LogP contribution in [0.4, 0.5) is 22.0 Å². The number of pyridine rings is 1. The monoisotopic (exact) mass is 270 g/mol. The second-order valence-electron chi connectivity index (χ2n) is 2.96. The van der Waals surface area contributed by atoms with E-state index in [4.69, 9.17) is 16.9 Å². The number of halogens is 6. The van der Waals surface area contributed by atoms with Crippen LogP contribution in [0.1, 0.15) is 28.8 Å². The Morgan fingerprint density at radius 3 is 2.35 bits per heavy atom. The van der Waals surface area contributed by atoms with Crippen LogP contribution in [0.25, 0.3) is 0 Å². The molecular formula is C9H4ClF5N2. The summed E-state index contributed by atoms with van der Waals surface area (Å²) in [6.07, 6.45) is -7.70. The number of hydrogen-bond acceptors (Lipinski definition) is 2. The molecule has 0 aromatic carbocycles. The normalized spacial score (nSPS) is 11.6. The molecule has 0 aliphatic heterocycles. The Morgan fingerprint density at radius 2 is 2.00 bits per heavy atom. The van der Waals surface area contributed by atoms with E-state index in [0.29, 0.717) is 0 Å². The van der Waals surface area contributed by atoms with Crippen LogP contribution in [-0.2, 0) is 12.1 Å². The van der Waals surface area contributed by atoms with Gasteiger partial charge in [-0.1, -0.05) is 0 Å². The van der Waals surface area contributed by atoms with Crippen molar-refractivity contribution in [2.45, 2.75) is 18.5 Å². The van der Waals surface area contributed by atoms with Gasteiger partial charge < -0.3 is 0 Å². The summed E-state index contributed by atoms with van der Waals surface area (Å²) in [4.78, 5) is 3.18. The van der Waals surface area contributed by atoms with Gasteiger partial charge in [-0.05, 0) is 5.56 Å². The molecule has 0 saturated heterocycles. The van der Waals surface area contributed by atoms with Crippen LogP contribution < -0.4 is 0 Å². The van der Waals surface area contributed by atoms with Gasteiger partial charge in [-0.25, -0.2) is 13.8 Å². The standard InChI is InChI=1S/C9H4ClF5N2/c10-1-4-3-17-5(2-16)7(9(13,14)15)6(4)8(11)12/h3,8H,1H2. The van der Waals surface area contributed by atoms with Gasteiger partial charge in [-0.2, -0.15) is 18.4 Å². The van der Waals surface area contributed by atoms with Gasteiger partial charge in [0.05, 0.1) is 0 Å². The lowest BCUT2D eigenvalue weighted by atomic mass is 10.0. The number of hydrogen-bond donors (Lipinski definition) is 0. The average molecular weight is 271 g/mol. The topological polar surface area (TPSA) is 36.7 Å². The third-order valence-electron chi connectivity index (χ3n) is 1.95.